The van der Waals surface area contributed by atoms with E-state index in [4.69, 9.17) is 0 Å². The minimum Gasteiger partial charge on any atom is -0.369 e. The first kappa shape index (κ1) is 9.64. The molecule has 0 amide bonds. The number of fused-ring (bicyclic) bond motifs is 1. The van der Waals surface area contributed by atoms with Crippen molar-refractivity contribution in [3.8, 4) is 0 Å². The number of nitrogens with one attached hydrogen (secondary N) is 1. The van der Waals surface area contributed by atoms with Gasteiger partial charge in [0.1, 0.15) is 5.82 Å². The number of nitrogens with zero attached hydrogens (tertiary/aromatic N) is 3. The normalized spacial score (nSPS) is 11.4. The van der Waals surface area contributed by atoms with Crippen LogP contribution in [0.25, 0.3) is 10.9 Å². The molecule has 1 aromatic carbocycles. The number of H-pyrrole nitrogens is 1. The molecule has 2 rings (SSSR count). The standard InChI is InChI=1S/C10H11FN4/c1-15(2)6-12-10-8-4-3-7(11)5-9(8)13-14-10/h3-6H,1-2H3,(H,13,14)/b12-6-. The fourth-order valence-corrected chi connectivity index (χ4v) is 1.25. The molecule has 0 spiro atoms. The molecule has 15 heavy (non-hydrogen) atoms. The van der Waals surface area contributed by atoms with E-state index in [0.717, 1.165) is 5.39 Å². The van der Waals surface area contributed by atoms with Gasteiger partial charge in [0.05, 0.1) is 11.9 Å². The SMILES string of the molecule is CN(C)/C=N\c1n[nH]c2cc(F)ccc12. The highest BCUT2D eigenvalue weighted by Gasteiger charge is 2.04. The number of hydrogen-bond donors (Lipinski definition) is 1. The largest absolute Gasteiger partial charge is 0.369 e. The number of aromatic amines is 1. The highest BCUT2D eigenvalue weighted by atomic mass is 19.1. The van der Waals surface area contributed by atoms with Crippen molar-refractivity contribution in [2.45, 2.75) is 0 Å². The maximum absolute atomic E-state index is 12.9. The minimum atomic E-state index is -0.283. The molecule has 2 aromatic rings. The Balaban J connectivity index is 2.45. The van der Waals surface area contributed by atoms with E-state index in [9.17, 15) is 4.39 Å². The molecule has 78 valence electrons. The Bertz CT molecular complexity index is 501. The maximum atomic E-state index is 12.9. The lowest BCUT2D eigenvalue weighted by Gasteiger charge is -2.00. The summed E-state index contributed by atoms with van der Waals surface area (Å²) in [4.78, 5) is 5.97. The first-order chi connectivity index (χ1) is 7.16. The Morgan fingerprint density at radius 2 is 2.27 bits per heavy atom. The third-order valence-electron chi connectivity index (χ3n) is 1.92. The van der Waals surface area contributed by atoms with Crippen LogP contribution in [0, 0.1) is 5.82 Å². The molecular weight excluding hydrogens is 195 g/mol. The summed E-state index contributed by atoms with van der Waals surface area (Å²) in [5.41, 5.74) is 0.654. The average Bonchev–Trinajstić information content (AvgIpc) is 2.57. The van der Waals surface area contributed by atoms with Gasteiger partial charge in [-0.25, -0.2) is 9.38 Å². The summed E-state index contributed by atoms with van der Waals surface area (Å²) in [7, 11) is 3.75. The van der Waals surface area contributed by atoms with E-state index in [2.05, 4.69) is 15.2 Å². The van der Waals surface area contributed by atoms with Crippen LogP contribution in [0.2, 0.25) is 0 Å². The van der Waals surface area contributed by atoms with Crippen LogP contribution in [-0.2, 0) is 0 Å². The lowest BCUT2D eigenvalue weighted by molar-refractivity contribution is 0.629. The van der Waals surface area contributed by atoms with Crippen molar-refractivity contribution in [1.29, 1.82) is 0 Å². The summed E-state index contributed by atoms with van der Waals surface area (Å²) in [5, 5.41) is 7.54. The predicted molar refractivity (Wildman–Crippen MR) is 57.9 cm³/mol. The summed E-state index contributed by atoms with van der Waals surface area (Å²) in [6, 6.07) is 4.46. The Kier molecular flexibility index (Phi) is 2.37. The van der Waals surface area contributed by atoms with Crippen molar-refractivity contribution >= 4 is 23.1 Å². The zero-order valence-corrected chi connectivity index (χ0v) is 8.53. The maximum Gasteiger partial charge on any atom is 0.182 e. The quantitative estimate of drug-likeness (QED) is 0.602. The number of aliphatic imine (C=N–C) groups is 1. The van der Waals surface area contributed by atoms with Crippen LogP contribution in [0.15, 0.2) is 23.2 Å². The number of rotatable bonds is 2. The van der Waals surface area contributed by atoms with Crippen molar-refractivity contribution in [1.82, 2.24) is 15.1 Å². The van der Waals surface area contributed by atoms with E-state index in [0.29, 0.717) is 11.3 Å². The van der Waals surface area contributed by atoms with Crippen LogP contribution < -0.4 is 0 Å². The second-order valence-electron chi connectivity index (χ2n) is 3.45. The second kappa shape index (κ2) is 3.68. The van der Waals surface area contributed by atoms with Gasteiger partial charge in [0.15, 0.2) is 5.82 Å². The number of halogens is 1. The van der Waals surface area contributed by atoms with Crippen molar-refractivity contribution in [3.05, 3.63) is 24.0 Å². The minimum absolute atomic E-state index is 0.283. The molecule has 0 fully saturated rings. The monoisotopic (exact) mass is 206 g/mol. The van der Waals surface area contributed by atoms with E-state index in [1.165, 1.54) is 12.1 Å². The lowest BCUT2D eigenvalue weighted by Crippen LogP contribution is -2.06. The van der Waals surface area contributed by atoms with Crippen LogP contribution in [0.3, 0.4) is 0 Å². The molecule has 0 saturated heterocycles. The Labute approximate surface area is 86.4 Å². The molecular formula is C10H11FN4. The first-order valence-corrected chi connectivity index (χ1v) is 4.51. The van der Waals surface area contributed by atoms with Crippen molar-refractivity contribution in [2.75, 3.05) is 14.1 Å². The van der Waals surface area contributed by atoms with Gasteiger partial charge in [-0.05, 0) is 18.2 Å². The summed E-state index contributed by atoms with van der Waals surface area (Å²) < 4.78 is 12.9. The van der Waals surface area contributed by atoms with Gasteiger partial charge in [0.25, 0.3) is 0 Å². The molecule has 0 aliphatic rings. The molecule has 0 unspecified atom stereocenters. The second-order valence-corrected chi connectivity index (χ2v) is 3.45. The van der Waals surface area contributed by atoms with Gasteiger partial charge in [0, 0.05) is 19.5 Å². The van der Waals surface area contributed by atoms with Gasteiger partial charge in [-0.15, -0.1) is 0 Å². The summed E-state index contributed by atoms with van der Waals surface area (Å²) >= 11 is 0. The molecule has 0 aliphatic carbocycles. The predicted octanol–water partition coefficient (Wildman–Crippen LogP) is 1.92. The zero-order valence-electron chi connectivity index (χ0n) is 8.53. The molecule has 0 atom stereocenters. The highest BCUT2D eigenvalue weighted by Crippen LogP contribution is 2.22. The molecule has 0 saturated carbocycles. The molecule has 5 heteroatoms. The third kappa shape index (κ3) is 1.96. The van der Waals surface area contributed by atoms with Gasteiger partial charge >= 0.3 is 0 Å². The topological polar surface area (TPSA) is 44.3 Å². The van der Waals surface area contributed by atoms with E-state index >= 15 is 0 Å². The fraction of sp³-hybridized carbons (Fsp3) is 0.200. The van der Waals surface area contributed by atoms with Gasteiger partial charge in [-0.1, -0.05) is 0 Å². The summed E-state index contributed by atoms with van der Waals surface area (Å²) in [6.45, 7) is 0. The van der Waals surface area contributed by atoms with Crippen LogP contribution >= 0.6 is 0 Å². The summed E-state index contributed by atoms with van der Waals surface area (Å²) in [6.07, 6.45) is 1.65. The van der Waals surface area contributed by atoms with Crippen molar-refractivity contribution < 1.29 is 4.39 Å². The number of hydrogen-bond acceptors (Lipinski definition) is 2. The Morgan fingerprint density at radius 1 is 1.47 bits per heavy atom. The average molecular weight is 206 g/mol. The van der Waals surface area contributed by atoms with Gasteiger partial charge < -0.3 is 4.90 Å². The van der Waals surface area contributed by atoms with Crippen LogP contribution in [0.4, 0.5) is 10.2 Å². The molecule has 0 aliphatic heterocycles. The molecule has 1 N–H and O–H groups in total. The molecule has 4 nitrogen and oxygen atoms in total. The number of aromatic nitrogens is 2. The van der Waals surface area contributed by atoms with Crippen LogP contribution in [0.5, 0.6) is 0 Å². The Morgan fingerprint density at radius 3 is 3.00 bits per heavy atom. The molecule has 0 radical (unpaired) electrons. The smallest absolute Gasteiger partial charge is 0.182 e. The highest BCUT2D eigenvalue weighted by molar-refractivity contribution is 5.89. The van der Waals surface area contributed by atoms with Crippen LogP contribution in [0.1, 0.15) is 0 Å². The van der Waals surface area contributed by atoms with E-state index in [-0.39, 0.29) is 5.82 Å². The zero-order chi connectivity index (χ0) is 10.8. The van der Waals surface area contributed by atoms with Crippen molar-refractivity contribution in [3.63, 3.8) is 0 Å². The fourth-order valence-electron chi connectivity index (χ4n) is 1.25. The van der Waals surface area contributed by atoms with Crippen LogP contribution in [-0.4, -0.2) is 35.5 Å². The van der Waals surface area contributed by atoms with Gasteiger partial charge in [-0.2, -0.15) is 5.10 Å². The summed E-state index contributed by atoms with van der Waals surface area (Å²) in [5.74, 6) is 0.285. The Hall–Kier alpha value is -1.91. The van der Waals surface area contributed by atoms with Gasteiger partial charge in [0.2, 0.25) is 0 Å². The molecule has 1 aromatic heterocycles. The number of benzene rings is 1. The molecule has 0 bridgehead atoms. The first-order valence-electron chi connectivity index (χ1n) is 4.51. The lowest BCUT2D eigenvalue weighted by atomic mass is 10.2. The van der Waals surface area contributed by atoms with E-state index < -0.39 is 0 Å². The molecule has 1 heterocycles. The van der Waals surface area contributed by atoms with Crippen molar-refractivity contribution in [2.24, 2.45) is 4.99 Å². The van der Waals surface area contributed by atoms with E-state index in [1.54, 1.807) is 12.4 Å². The third-order valence-corrected chi connectivity index (χ3v) is 1.92. The van der Waals surface area contributed by atoms with E-state index in [1.807, 2.05) is 19.0 Å². The van der Waals surface area contributed by atoms with Gasteiger partial charge in [-0.3, -0.25) is 5.10 Å².